The molecule has 0 aliphatic carbocycles. The summed E-state index contributed by atoms with van der Waals surface area (Å²) in [5.74, 6) is 0.654. The van der Waals surface area contributed by atoms with Gasteiger partial charge in [-0.2, -0.15) is 0 Å². The largest absolute Gasteiger partial charge is 0.447 e. The van der Waals surface area contributed by atoms with Crippen molar-refractivity contribution in [3.8, 4) is 0 Å². The molecule has 3 nitrogen and oxygen atoms in total. The van der Waals surface area contributed by atoms with Crippen LogP contribution in [0.1, 0.15) is 47.0 Å². The third-order valence-electron chi connectivity index (χ3n) is 3.13. The lowest BCUT2D eigenvalue weighted by Gasteiger charge is -2.37. The van der Waals surface area contributed by atoms with E-state index in [0.717, 1.165) is 19.4 Å². The Balaban J connectivity index is 2.53. The standard InChI is InChI=1S/C12H23NO2/c1-5-11-7-6-10(4)13(8-11)12(14)15-9(2)3/h9-11H,5-8H2,1-4H3. The molecule has 0 N–H and O–H groups in total. The molecule has 0 radical (unpaired) electrons. The maximum absolute atomic E-state index is 11.8. The van der Waals surface area contributed by atoms with Gasteiger partial charge in [0.05, 0.1) is 6.10 Å². The van der Waals surface area contributed by atoms with Gasteiger partial charge in [0.25, 0.3) is 0 Å². The quantitative estimate of drug-likeness (QED) is 0.705. The monoisotopic (exact) mass is 213 g/mol. The highest BCUT2D eigenvalue weighted by Crippen LogP contribution is 2.24. The van der Waals surface area contributed by atoms with E-state index in [9.17, 15) is 4.79 Å². The van der Waals surface area contributed by atoms with E-state index in [1.165, 1.54) is 6.42 Å². The molecule has 0 saturated carbocycles. The van der Waals surface area contributed by atoms with Crippen LogP contribution in [-0.4, -0.2) is 29.7 Å². The fourth-order valence-corrected chi connectivity index (χ4v) is 2.04. The zero-order chi connectivity index (χ0) is 11.4. The summed E-state index contributed by atoms with van der Waals surface area (Å²) in [5.41, 5.74) is 0. The second-order valence-corrected chi connectivity index (χ2v) is 4.79. The molecular formula is C12H23NO2. The lowest BCUT2D eigenvalue weighted by molar-refractivity contribution is 0.0448. The van der Waals surface area contributed by atoms with E-state index in [4.69, 9.17) is 4.74 Å². The van der Waals surface area contributed by atoms with Crippen LogP contribution in [0.5, 0.6) is 0 Å². The molecule has 0 bridgehead atoms. The van der Waals surface area contributed by atoms with Crippen molar-refractivity contribution in [3.05, 3.63) is 0 Å². The molecule has 0 aromatic heterocycles. The lowest BCUT2D eigenvalue weighted by atomic mass is 9.92. The number of hydrogen-bond acceptors (Lipinski definition) is 2. The van der Waals surface area contributed by atoms with E-state index < -0.39 is 0 Å². The van der Waals surface area contributed by atoms with E-state index >= 15 is 0 Å². The molecule has 1 rings (SSSR count). The zero-order valence-electron chi connectivity index (χ0n) is 10.3. The molecule has 0 aromatic rings. The predicted octanol–water partition coefficient (Wildman–Crippen LogP) is 3.04. The van der Waals surface area contributed by atoms with Gasteiger partial charge in [0.15, 0.2) is 0 Å². The van der Waals surface area contributed by atoms with Crippen LogP contribution in [0.3, 0.4) is 0 Å². The summed E-state index contributed by atoms with van der Waals surface area (Å²) in [6, 6.07) is 0.332. The molecule has 2 atom stereocenters. The maximum atomic E-state index is 11.8. The molecule has 2 unspecified atom stereocenters. The fourth-order valence-electron chi connectivity index (χ4n) is 2.04. The Kier molecular flexibility index (Phi) is 4.43. The van der Waals surface area contributed by atoms with Gasteiger partial charge < -0.3 is 9.64 Å². The highest BCUT2D eigenvalue weighted by Gasteiger charge is 2.29. The van der Waals surface area contributed by atoms with Gasteiger partial charge in [0.1, 0.15) is 0 Å². The number of ether oxygens (including phenoxy) is 1. The van der Waals surface area contributed by atoms with E-state index in [1.54, 1.807) is 0 Å². The summed E-state index contributed by atoms with van der Waals surface area (Å²) in [4.78, 5) is 13.7. The van der Waals surface area contributed by atoms with Gasteiger partial charge in [0.2, 0.25) is 0 Å². The number of rotatable bonds is 2. The van der Waals surface area contributed by atoms with Crippen LogP contribution >= 0.6 is 0 Å². The normalized spacial score (nSPS) is 26.9. The molecule has 0 aromatic carbocycles. The first-order valence-electron chi connectivity index (χ1n) is 6.01. The van der Waals surface area contributed by atoms with Crippen molar-refractivity contribution in [2.24, 2.45) is 5.92 Å². The van der Waals surface area contributed by atoms with E-state index in [2.05, 4.69) is 13.8 Å². The molecule has 1 fully saturated rings. The third kappa shape index (κ3) is 3.40. The maximum Gasteiger partial charge on any atom is 0.410 e. The Labute approximate surface area is 92.8 Å². The number of carbonyl (C=O) groups is 1. The molecular weight excluding hydrogens is 190 g/mol. The van der Waals surface area contributed by atoms with Crippen molar-refractivity contribution < 1.29 is 9.53 Å². The Morgan fingerprint density at radius 2 is 2.13 bits per heavy atom. The second-order valence-electron chi connectivity index (χ2n) is 4.79. The van der Waals surface area contributed by atoms with Gasteiger partial charge >= 0.3 is 6.09 Å². The third-order valence-corrected chi connectivity index (χ3v) is 3.13. The molecule has 1 heterocycles. The second kappa shape index (κ2) is 5.38. The van der Waals surface area contributed by atoms with Crippen LogP contribution in [-0.2, 0) is 4.74 Å². The molecule has 1 aliphatic heterocycles. The van der Waals surface area contributed by atoms with E-state index in [0.29, 0.717) is 12.0 Å². The highest BCUT2D eigenvalue weighted by molar-refractivity contribution is 5.68. The first kappa shape index (κ1) is 12.3. The van der Waals surface area contributed by atoms with Crippen molar-refractivity contribution in [3.63, 3.8) is 0 Å². The van der Waals surface area contributed by atoms with Gasteiger partial charge in [-0.05, 0) is 39.5 Å². The van der Waals surface area contributed by atoms with Gasteiger partial charge in [-0.3, -0.25) is 0 Å². The number of piperidine rings is 1. The van der Waals surface area contributed by atoms with Crippen molar-refractivity contribution >= 4 is 6.09 Å². The van der Waals surface area contributed by atoms with E-state index in [-0.39, 0.29) is 12.2 Å². The Morgan fingerprint density at radius 3 is 2.67 bits per heavy atom. The summed E-state index contributed by atoms with van der Waals surface area (Å²) in [6.45, 7) is 8.94. The predicted molar refractivity (Wildman–Crippen MR) is 60.8 cm³/mol. The molecule has 1 aliphatic rings. The Bertz CT molecular complexity index is 216. The number of nitrogens with zero attached hydrogens (tertiary/aromatic N) is 1. The minimum absolute atomic E-state index is 0.0216. The summed E-state index contributed by atoms with van der Waals surface area (Å²) in [7, 11) is 0. The smallest absolute Gasteiger partial charge is 0.410 e. The van der Waals surface area contributed by atoms with Crippen molar-refractivity contribution in [2.75, 3.05) is 6.54 Å². The minimum Gasteiger partial charge on any atom is -0.447 e. The summed E-state index contributed by atoms with van der Waals surface area (Å²) in [6.07, 6.45) is 3.33. The number of carbonyl (C=O) groups excluding carboxylic acids is 1. The number of likely N-dealkylation sites (tertiary alicyclic amines) is 1. The molecule has 3 heteroatoms. The molecule has 15 heavy (non-hydrogen) atoms. The van der Waals surface area contributed by atoms with Crippen LogP contribution in [0.4, 0.5) is 4.79 Å². The van der Waals surface area contributed by atoms with Crippen molar-refractivity contribution in [1.82, 2.24) is 4.90 Å². The van der Waals surface area contributed by atoms with Crippen molar-refractivity contribution in [1.29, 1.82) is 0 Å². The number of amides is 1. The average Bonchev–Trinajstić information content (AvgIpc) is 2.17. The molecule has 1 saturated heterocycles. The minimum atomic E-state index is -0.143. The van der Waals surface area contributed by atoms with Gasteiger partial charge in [-0.25, -0.2) is 4.79 Å². The lowest BCUT2D eigenvalue weighted by Crippen LogP contribution is -2.46. The first-order valence-corrected chi connectivity index (χ1v) is 6.01. The molecule has 88 valence electrons. The van der Waals surface area contributed by atoms with Crippen LogP contribution in [0.15, 0.2) is 0 Å². The molecule has 1 amide bonds. The van der Waals surface area contributed by atoms with E-state index in [1.807, 2.05) is 18.7 Å². The van der Waals surface area contributed by atoms with Crippen LogP contribution in [0, 0.1) is 5.92 Å². The average molecular weight is 213 g/mol. The van der Waals surface area contributed by atoms with Gasteiger partial charge in [0, 0.05) is 12.6 Å². The highest BCUT2D eigenvalue weighted by atomic mass is 16.6. The van der Waals surface area contributed by atoms with Crippen LogP contribution in [0.25, 0.3) is 0 Å². The van der Waals surface area contributed by atoms with Gasteiger partial charge in [-0.15, -0.1) is 0 Å². The SMILES string of the molecule is CCC1CCC(C)N(C(=O)OC(C)C)C1. The summed E-state index contributed by atoms with van der Waals surface area (Å²) >= 11 is 0. The summed E-state index contributed by atoms with van der Waals surface area (Å²) in [5, 5.41) is 0. The van der Waals surface area contributed by atoms with Crippen LogP contribution < -0.4 is 0 Å². The first-order chi connectivity index (χ1) is 7.04. The fraction of sp³-hybridized carbons (Fsp3) is 0.917. The number of hydrogen-bond donors (Lipinski definition) is 0. The summed E-state index contributed by atoms with van der Waals surface area (Å²) < 4.78 is 5.24. The topological polar surface area (TPSA) is 29.5 Å². The van der Waals surface area contributed by atoms with Crippen molar-refractivity contribution in [2.45, 2.75) is 59.1 Å². The van der Waals surface area contributed by atoms with Gasteiger partial charge in [-0.1, -0.05) is 13.3 Å². The zero-order valence-corrected chi connectivity index (χ0v) is 10.3. The molecule has 0 spiro atoms. The Hall–Kier alpha value is -0.730. The Morgan fingerprint density at radius 1 is 1.47 bits per heavy atom. The van der Waals surface area contributed by atoms with Crippen LogP contribution in [0.2, 0.25) is 0 Å².